The predicted octanol–water partition coefficient (Wildman–Crippen LogP) is 0.223. The Hall–Kier alpha value is -4.25. The molecule has 0 fully saturated rings. The van der Waals surface area contributed by atoms with E-state index >= 15 is 0 Å². The van der Waals surface area contributed by atoms with Crippen molar-refractivity contribution in [1.29, 1.82) is 0 Å². The van der Waals surface area contributed by atoms with Crippen molar-refractivity contribution in [2.75, 3.05) is 0 Å². The predicted molar refractivity (Wildman–Crippen MR) is 134 cm³/mol. The van der Waals surface area contributed by atoms with Gasteiger partial charge in [0, 0.05) is 12.8 Å². The van der Waals surface area contributed by atoms with Crippen LogP contribution in [0.25, 0.3) is 0 Å². The summed E-state index contributed by atoms with van der Waals surface area (Å²) in [7, 11) is 0. The van der Waals surface area contributed by atoms with E-state index in [9.17, 15) is 29.1 Å². The molecular weight excluding hydrogens is 480 g/mol. The van der Waals surface area contributed by atoms with E-state index in [1.807, 2.05) is 30.3 Å². The fraction of sp³-hybridized carbons (Fsp3) is 0.346. The van der Waals surface area contributed by atoms with Crippen LogP contribution in [0.4, 0.5) is 0 Å². The number of amides is 3. The van der Waals surface area contributed by atoms with Gasteiger partial charge in [0.25, 0.3) is 0 Å². The zero-order chi connectivity index (χ0) is 27.4. The van der Waals surface area contributed by atoms with Gasteiger partial charge in [-0.15, -0.1) is 0 Å². The number of carboxylic acids is 2. The molecule has 3 amide bonds. The summed E-state index contributed by atoms with van der Waals surface area (Å²) in [5.74, 6) is -4.65. The lowest BCUT2D eigenvalue weighted by Gasteiger charge is -2.23. The van der Waals surface area contributed by atoms with Gasteiger partial charge in [0.15, 0.2) is 0 Å². The molecule has 7 N–H and O–H groups in total. The highest BCUT2D eigenvalue weighted by atomic mass is 16.4. The van der Waals surface area contributed by atoms with Crippen LogP contribution >= 0.6 is 0 Å². The molecule has 37 heavy (non-hydrogen) atoms. The monoisotopic (exact) mass is 512 g/mol. The van der Waals surface area contributed by atoms with Crippen LogP contribution in [0.1, 0.15) is 30.9 Å². The Morgan fingerprint density at radius 3 is 1.76 bits per heavy atom. The van der Waals surface area contributed by atoms with E-state index in [2.05, 4.69) is 16.0 Å². The van der Waals surface area contributed by atoms with Crippen molar-refractivity contribution in [2.24, 2.45) is 5.73 Å². The van der Waals surface area contributed by atoms with Gasteiger partial charge in [-0.25, -0.2) is 4.79 Å². The Balaban J connectivity index is 2.01. The number of nitrogens with one attached hydrogen (secondary N) is 3. The Morgan fingerprint density at radius 1 is 0.730 bits per heavy atom. The van der Waals surface area contributed by atoms with Gasteiger partial charge in [-0.3, -0.25) is 19.2 Å². The van der Waals surface area contributed by atoms with Crippen molar-refractivity contribution in [2.45, 2.75) is 56.8 Å². The Kier molecular flexibility index (Phi) is 11.2. The highest BCUT2D eigenvalue weighted by molar-refractivity contribution is 5.94. The molecule has 11 heteroatoms. The van der Waals surface area contributed by atoms with Gasteiger partial charge in [-0.1, -0.05) is 60.7 Å². The zero-order valence-electron chi connectivity index (χ0n) is 20.4. The summed E-state index contributed by atoms with van der Waals surface area (Å²) in [6.45, 7) is 1.39. The molecule has 11 nitrogen and oxygen atoms in total. The first-order chi connectivity index (χ1) is 17.6. The lowest BCUT2D eigenvalue weighted by atomic mass is 10.0. The maximum absolute atomic E-state index is 12.9. The van der Waals surface area contributed by atoms with Crippen molar-refractivity contribution in [3.05, 3.63) is 71.8 Å². The second kappa shape index (κ2) is 14.3. The quantitative estimate of drug-likeness (QED) is 0.207. The molecule has 4 atom stereocenters. The summed E-state index contributed by atoms with van der Waals surface area (Å²) in [4.78, 5) is 60.8. The van der Waals surface area contributed by atoms with Gasteiger partial charge in [-0.05, 0) is 30.9 Å². The molecule has 0 aliphatic rings. The number of hydrogen-bond acceptors (Lipinski definition) is 6. The standard InChI is InChI=1S/C26H32N4O7/c1-16(28-24(34)19(27)14-17-8-4-2-5-9-17)23(33)29-20(12-13-22(31)32)25(35)30-21(26(36)37)15-18-10-6-3-7-11-18/h2-11,16,19-21H,12-15,27H2,1H3,(H,28,34)(H,29,33)(H,30,35)(H,31,32)(H,36,37). The molecule has 2 aromatic rings. The molecular formula is C26H32N4O7. The molecule has 0 saturated heterocycles. The third-order valence-electron chi connectivity index (χ3n) is 5.56. The van der Waals surface area contributed by atoms with E-state index < -0.39 is 60.2 Å². The van der Waals surface area contributed by atoms with Gasteiger partial charge in [0.2, 0.25) is 17.7 Å². The maximum atomic E-state index is 12.9. The fourth-order valence-corrected chi connectivity index (χ4v) is 3.50. The van der Waals surface area contributed by atoms with E-state index in [1.165, 1.54) is 6.92 Å². The normalized spacial score (nSPS) is 13.9. The van der Waals surface area contributed by atoms with Crippen LogP contribution in [0.3, 0.4) is 0 Å². The second-order valence-electron chi connectivity index (χ2n) is 8.61. The number of benzene rings is 2. The van der Waals surface area contributed by atoms with Crippen molar-refractivity contribution >= 4 is 29.7 Å². The topological polar surface area (TPSA) is 188 Å². The molecule has 2 rings (SSSR count). The molecule has 0 aliphatic heterocycles. The number of carboxylic acid groups (broad SMARTS) is 2. The summed E-state index contributed by atoms with van der Waals surface area (Å²) in [6.07, 6.45) is -0.480. The zero-order valence-corrected chi connectivity index (χ0v) is 20.4. The largest absolute Gasteiger partial charge is 0.481 e. The smallest absolute Gasteiger partial charge is 0.326 e. The number of carbonyl (C=O) groups is 5. The van der Waals surface area contributed by atoms with Gasteiger partial charge in [-0.2, -0.15) is 0 Å². The van der Waals surface area contributed by atoms with Crippen LogP contribution in [0, 0.1) is 0 Å². The lowest BCUT2D eigenvalue weighted by Crippen LogP contribution is -2.56. The van der Waals surface area contributed by atoms with Gasteiger partial charge in [0.05, 0.1) is 6.04 Å². The minimum atomic E-state index is -1.33. The molecule has 4 unspecified atom stereocenters. The fourth-order valence-electron chi connectivity index (χ4n) is 3.50. The lowest BCUT2D eigenvalue weighted by molar-refractivity contribution is -0.143. The van der Waals surface area contributed by atoms with E-state index in [4.69, 9.17) is 10.8 Å². The molecule has 0 radical (unpaired) electrons. The van der Waals surface area contributed by atoms with Crippen LogP contribution in [-0.2, 0) is 36.8 Å². The van der Waals surface area contributed by atoms with E-state index in [0.717, 1.165) is 5.56 Å². The maximum Gasteiger partial charge on any atom is 0.326 e. The molecule has 0 saturated carbocycles. The average Bonchev–Trinajstić information content (AvgIpc) is 2.86. The third kappa shape index (κ3) is 10.1. The summed E-state index contributed by atoms with van der Waals surface area (Å²) in [5, 5.41) is 25.9. The average molecular weight is 513 g/mol. The van der Waals surface area contributed by atoms with Crippen LogP contribution in [0.2, 0.25) is 0 Å². The van der Waals surface area contributed by atoms with Gasteiger partial charge < -0.3 is 31.9 Å². The number of aliphatic carboxylic acids is 2. The van der Waals surface area contributed by atoms with Crippen LogP contribution in [0.5, 0.6) is 0 Å². The Labute approximate surface area is 214 Å². The Morgan fingerprint density at radius 2 is 1.24 bits per heavy atom. The number of carbonyl (C=O) groups excluding carboxylic acids is 3. The number of hydrogen-bond donors (Lipinski definition) is 6. The molecule has 198 valence electrons. The summed E-state index contributed by atoms with van der Waals surface area (Å²) >= 11 is 0. The number of rotatable bonds is 14. The molecule has 2 aromatic carbocycles. The van der Waals surface area contributed by atoms with Gasteiger partial charge >= 0.3 is 11.9 Å². The van der Waals surface area contributed by atoms with Crippen LogP contribution in [-0.4, -0.2) is 64.0 Å². The highest BCUT2D eigenvalue weighted by Gasteiger charge is 2.29. The molecule has 0 aromatic heterocycles. The summed E-state index contributed by atoms with van der Waals surface area (Å²) < 4.78 is 0. The van der Waals surface area contributed by atoms with Gasteiger partial charge in [0.1, 0.15) is 18.1 Å². The number of nitrogens with two attached hydrogens (primary N) is 1. The van der Waals surface area contributed by atoms with Crippen molar-refractivity contribution < 1.29 is 34.2 Å². The van der Waals surface area contributed by atoms with E-state index in [-0.39, 0.29) is 19.3 Å². The molecule has 0 heterocycles. The summed E-state index contributed by atoms with van der Waals surface area (Å²) in [5.41, 5.74) is 7.46. The third-order valence-corrected chi connectivity index (χ3v) is 5.56. The first kappa shape index (κ1) is 29.0. The van der Waals surface area contributed by atoms with Crippen molar-refractivity contribution in [3.8, 4) is 0 Å². The Bertz CT molecular complexity index is 1080. The van der Waals surface area contributed by atoms with Crippen LogP contribution in [0.15, 0.2) is 60.7 Å². The first-order valence-corrected chi connectivity index (χ1v) is 11.8. The molecule has 0 aliphatic carbocycles. The SMILES string of the molecule is CC(NC(=O)C(N)Cc1ccccc1)C(=O)NC(CCC(=O)O)C(=O)NC(Cc1ccccc1)C(=O)O. The van der Waals surface area contributed by atoms with E-state index in [0.29, 0.717) is 5.56 Å². The van der Waals surface area contributed by atoms with Crippen LogP contribution < -0.4 is 21.7 Å². The molecule has 0 spiro atoms. The van der Waals surface area contributed by atoms with Crippen molar-refractivity contribution in [1.82, 2.24) is 16.0 Å². The minimum absolute atomic E-state index is 0.00667. The van der Waals surface area contributed by atoms with E-state index in [1.54, 1.807) is 30.3 Å². The first-order valence-electron chi connectivity index (χ1n) is 11.8. The highest BCUT2D eigenvalue weighted by Crippen LogP contribution is 2.06. The second-order valence-corrected chi connectivity index (χ2v) is 8.61. The molecule has 0 bridgehead atoms. The summed E-state index contributed by atoms with van der Waals surface area (Å²) in [6, 6.07) is 13.1. The minimum Gasteiger partial charge on any atom is -0.481 e. The van der Waals surface area contributed by atoms with Crippen molar-refractivity contribution in [3.63, 3.8) is 0 Å².